The van der Waals surface area contributed by atoms with Crippen molar-refractivity contribution >= 4 is 44.1 Å². The normalized spacial score (nSPS) is 17.4. The number of benzene rings is 2. The minimum atomic E-state index is -3.07. The monoisotopic (exact) mass is 644 g/mol. The van der Waals surface area contributed by atoms with E-state index in [0.717, 1.165) is 25.7 Å². The van der Waals surface area contributed by atoms with Gasteiger partial charge >= 0.3 is 0 Å². The van der Waals surface area contributed by atoms with Gasteiger partial charge in [0.2, 0.25) is 0 Å². The first kappa shape index (κ1) is 37.4. The van der Waals surface area contributed by atoms with Gasteiger partial charge in [0.05, 0.1) is 18.9 Å². The van der Waals surface area contributed by atoms with Crippen LogP contribution in [0.1, 0.15) is 81.1 Å². The Morgan fingerprint density at radius 3 is 1.36 bits per heavy atom. The molecule has 0 saturated heterocycles. The number of hydrogen-bond acceptors (Lipinski definition) is 3. The molecule has 2 aromatic rings. The second-order valence-electron chi connectivity index (χ2n) is 15.3. The van der Waals surface area contributed by atoms with Gasteiger partial charge in [-0.05, 0) is 83.0 Å². The predicted octanol–water partition coefficient (Wildman–Crippen LogP) is 9.08. The lowest BCUT2D eigenvalue weighted by Gasteiger charge is -2.59. The summed E-state index contributed by atoms with van der Waals surface area (Å²) >= 11 is 0. The van der Waals surface area contributed by atoms with E-state index in [9.17, 15) is 0 Å². The third kappa shape index (κ3) is 7.18. The second-order valence-corrected chi connectivity index (χ2v) is 32.0. The van der Waals surface area contributed by atoms with Crippen LogP contribution in [0, 0.1) is 0 Å². The van der Waals surface area contributed by atoms with Crippen molar-refractivity contribution in [3.63, 3.8) is 0 Å². The SMILES string of the molecule is CCC(CC)(O[Si](c1ccccc1)(c1ccccc1)C(C)(CC)O[Si](C)(C)C)C(C)(CC)[SiH](C)OC(C)(C)[Si](C)(C)C. The van der Waals surface area contributed by atoms with E-state index in [1.807, 2.05) is 0 Å². The molecule has 42 heavy (non-hydrogen) atoms. The number of hydrogen-bond donors (Lipinski definition) is 0. The third-order valence-electron chi connectivity index (χ3n) is 10.8. The molecule has 0 heterocycles. The second kappa shape index (κ2) is 13.7. The quantitative estimate of drug-likeness (QED) is 0.171. The van der Waals surface area contributed by atoms with Crippen molar-refractivity contribution < 1.29 is 13.3 Å². The highest BCUT2D eigenvalue weighted by atomic mass is 28.4. The molecule has 2 aromatic carbocycles. The van der Waals surface area contributed by atoms with E-state index >= 15 is 0 Å². The van der Waals surface area contributed by atoms with E-state index in [1.165, 1.54) is 10.4 Å². The summed E-state index contributed by atoms with van der Waals surface area (Å²) < 4.78 is 23.0. The van der Waals surface area contributed by atoms with Gasteiger partial charge in [-0.2, -0.15) is 0 Å². The summed E-state index contributed by atoms with van der Waals surface area (Å²) in [6, 6.07) is 22.2. The molecule has 0 aromatic heterocycles. The van der Waals surface area contributed by atoms with Crippen molar-refractivity contribution in [1.29, 1.82) is 0 Å². The van der Waals surface area contributed by atoms with Crippen LogP contribution in [0.4, 0.5) is 0 Å². The van der Waals surface area contributed by atoms with Crippen LogP contribution in [0.3, 0.4) is 0 Å². The molecule has 0 fully saturated rings. The van der Waals surface area contributed by atoms with E-state index in [-0.39, 0.29) is 15.9 Å². The maximum atomic E-state index is 8.28. The Labute approximate surface area is 265 Å². The maximum Gasteiger partial charge on any atom is 0.286 e. The summed E-state index contributed by atoms with van der Waals surface area (Å²) in [6.07, 6.45) is 3.77. The van der Waals surface area contributed by atoms with Crippen LogP contribution in [0.2, 0.25) is 50.9 Å². The molecule has 0 N–H and O–H groups in total. The van der Waals surface area contributed by atoms with Crippen molar-refractivity contribution in [2.24, 2.45) is 0 Å². The molecule has 0 bridgehead atoms. The van der Waals surface area contributed by atoms with Crippen LogP contribution >= 0.6 is 0 Å². The van der Waals surface area contributed by atoms with Crippen molar-refractivity contribution in [2.75, 3.05) is 0 Å². The van der Waals surface area contributed by atoms with Crippen molar-refractivity contribution in [1.82, 2.24) is 0 Å². The Kier molecular flexibility index (Phi) is 12.2. The summed E-state index contributed by atoms with van der Waals surface area (Å²) in [6.45, 7) is 35.6. The highest BCUT2D eigenvalue weighted by Gasteiger charge is 2.63. The zero-order valence-electron chi connectivity index (χ0n) is 29.9. The zero-order chi connectivity index (χ0) is 32.3. The molecule has 3 atom stereocenters. The average molecular weight is 645 g/mol. The predicted molar refractivity (Wildman–Crippen MR) is 196 cm³/mol. The molecule has 0 spiro atoms. The van der Waals surface area contributed by atoms with Crippen LogP contribution < -0.4 is 10.4 Å². The van der Waals surface area contributed by atoms with Gasteiger partial charge in [0.1, 0.15) is 0 Å². The first-order valence-electron chi connectivity index (χ1n) is 16.4. The highest BCUT2D eigenvalue weighted by molar-refractivity contribution is 7.00. The van der Waals surface area contributed by atoms with Crippen LogP contribution in [0.15, 0.2) is 60.7 Å². The zero-order valence-corrected chi connectivity index (χ0v) is 34.1. The van der Waals surface area contributed by atoms with E-state index < -0.39 is 39.0 Å². The lowest BCUT2D eigenvalue weighted by atomic mass is 9.81. The molecule has 7 heteroatoms. The molecular formula is C35H64O3Si4. The summed E-state index contributed by atoms with van der Waals surface area (Å²) in [4.78, 5) is 0. The molecule has 2 rings (SSSR count). The fraction of sp³-hybridized carbons (Fsp3) is 0.657. The Morgan fingerprint density at radius 2 is 1.05 bits per heavy atom. The summed E-state index contributed by atoms with van der Waals surface area (Å²) in [5.41, 5.74) is -0.375. The Hall–Kier alpha value is -0.812. The molecule has 0 aliphatic carbocycles. The first-order valence-corrected chi connectivity index (χ1v) is 27.5. The van der Waals surface area contributed by atoms with Gasteiger partial charge in [0.25, 0.3) is 8.32 Å². The third-order valence-corrected chi connectivity index (χ3v) is 24.6. The van der Waals surface area contributed by atoms with Gasteiger partial charge in [-0.15, -0.1) is 0 Å². The molecule has 0 saturated carbocycles. The minimum Gasteiger partial charge on any atom is -0.417 e. The van der Waals surface area contributed by atoms with Gasteiger partial charge in [-0.3, -0.25) is 0 Å². The average Bonchev–Trinajstić information content (AvgIpc) is 2.92. The molecule has 0 radical (unpaired) electrons. The highest BCUT2D eigenvalue weighted by Crippen LogP contribution is 2.54. The smallest absolute Gasteiger partial charge is 0.286 e. The van der Waals surface area contributed by atoms with Crippen molar-refractivity contribution in [3.8, 4) is 0 Å². The van der Waals surface area contributed by atoms with E-state index in [2.05, 4.69) is 162 Å². The van der Waals surface area contributed by atoms with Crippen molar-refractivity contribution in [2.45, 2.75) is 148 Å². The molecule has 0 aliphatic rings. The molecule has 0 aliphatic heterocycles. The Balaban J connectivity index is 3.01. The van der Waals surface area contributed by atoms with E-state index in [0.29, 0.717) is 0 Å². The first-order chi connectivity index (χ1) is 19.2. The van der Waals surface area contributed by atoms with Crippen LogP contribution in [0.5, 0.6) is 0 Å². The lowest BCUT2D eigenvalue weighted by Crippen LogP contribution is -2.79. The van der Waals surface area contributed by atoms with Crippen LogP contribution in [-0.2, 0) is 13.3 Å². The standard InChI is InChI=1S/C35H64O3Si4/c1-16-33(7,39(9)36-32(5,6)40(10,11)12)35(18-3,19-4)38-42(30-26-22-20-23-27-30,31-28-24-21-25-29-31)34(8,17-2)37-41(13,14)15/h20-29,39H,16-19H2,1-15H3. The van der Waals surface area contributed by atoms with Gasteiger partial charge in [-0.25, -0.2) is 0 Å². The van der Waals surface area contributed by atoms with E-state index in [4.69, 9.17) is 13.3 Å². The fourth-order valence-corrected chi connectivity index (χ4v) is 19.7. The maximum absolute atomic E-state index is 8.28. The summed E-state index contributed by atoms with van der Waals surface area (Å²) in [5.74, 6) is 0. The van der Waals surface area contributed by atoms with E-state index in [1.54, 1.807) is 0 Å². The van der Waals surface area contributed by atoms with Gasteiger partial charge < -0.3 is 13.3 Å². The topological polar surface area (TPSA) is 27.7 Å². The molecule has 0 amide bonds. The Morgan fingerprint density at radius 1 is 0.619 bits per heavy atom. The number of rotatable bonds is 16. The summed E-state index contributed by atoms with van der Waals surface area (Å²) in [5, 5.41) is 1.92. The van der Waals surface area contributed by atoms with Crippen LogP contribution in [0.25, 0.3) is 0 Å². The molecule has 238 valence electrons. The van der Waals surface area contributed by atoms with Gasteiger partial charge in [0, 0.05) is 10.3 Å². The Bertz CT molecular complexity index is 1070. The van der Waals surface area contributed by atoms with Gasteiger partial charge in [0.15, 0.2) is 17.4 Å². The van der Waals surface area contributed by atoms with Gasteiger partial charge in [-0.1, -0.05) is 115 Å². The van der Waals surface area contributed by atoms with Crippen molar-refractivity contribution in [3.05, 3.63) is 60.7 Å². The van der Waals surface area contributed by atoms with Crippen LogP contribution in [-0.4, -0.2) is 49.8 Å². The largest absolute Gasteiger partial charge is 0.417 e. The fourth-order valence-electron chi connectivity index (χ4n) is 6.76. The molecule has 3 nitrogen and oxygen atoms in total. The molecule has 3 unspecified atom stereocenters. The minimum absolute atomic E-state index is 0.0942. The molecular weight excluding hydrogens is 581 g/mol. The lowest BCUT2D eigenvalue weighted by molar-refractivity contribution is -0.0204. The summed E-state index contributed by atoms with van der Waals surface area (Å²) in [7, 11) is -8.41.